The molecule has 0 aliphatic heterocycles. The fraction of sp³-hybridized carbons (Fsp3) is 0.917. The molecule has 0 aromatic rings. The van der Waals surface area contributed by atoms with Crippen molar-refractivity contribution in [2.75, 3.05) is 33.2 Å². The highest BCUT2D eigenvalue weighted by Gasteiger charge is 1.98. The van der Waals surface area contributed by atoms with Gasteiger partial charge >= 0.3 is 0 Å². The maximum atomic E-state index is 5.73. The monoisotopic (exact) mass is 356 g/mol. The molecular weight excluding hydrogens is 327 g/mol. The van der Waals surface area contributed by atoms with Crippen molar-refractivity contribution in [3.8, 4) is 0 Å². The van der Waals surface area contributed by atoms with Crippen molar-refractivity contribution in [3.05, 3.63) is 0 Å². The first-order chi connectivity index (χ1) is 7.56. The molecule has 3 N–H and O–H groups in total. The normalized spacial score (nSPS) is 11.8. The number of nitrogens with two attached hydrogens (primary N) is 1. The first-order valence-corrected chi connectivity index (χ1v) is 6.28. The summed E-state index contributed by atoms with van der Waals surface area (Å²) in [6.07, 6.45) is 2.50. The van der Waals surface area contributed by atoms with Crippen LogP contribution < -0.4 is 11.1 Å². The van der Waals surface area contributed by atoms with Gasteiger partial charge in [0, 0.05) is 19.6 Å². The molecular formula is C12H29IN4. The van der Waals surface area contributed by atoms with E-state index in [-0.39, 0.29) is 24.0 Å². The Labute approximate surface area is 123 Å². The molecule has 0 saturated heterocycles. The SMILES string of the molecule is CCCCN(C)CCNC(N)=NCC(C)C.I. The Morgan fingerprint density at radius 1 is 1.35 bits per heavy atom. The molecule has 0 aliphatic rings. The predicted octanol–water partition coefficient (Wildman–Crippen LogP) is 1.90. The van der Waals surface area contributed by atoms with Crippen molar-refractivity contribution in [2.45, 2.75) is 33.6 Å². The number of hydrogen-bond donors (Lipinski definition) is 2. The molecule has 0 aromatic carbocycles. The molecule has 5 heteroatoms. The lowest BCUT2D eigenvalue weighted by molar-refractivity contribution is 0.332. The maximum Gasteiger partial charge on any atom is 0.188 e. The molecule has 17 heavy (non-hydrogen) atoms. The van der Waals surface area contributed by atoms with Gasteiger partial charge in [-0.25, -0.2) is 0 Å². The lowest BCUT2D eigenvalue weighted by atomic mass is 10.2. The third kappa shape index (κ3) is 13.9. The number of guanidine groups is 1. The zero-order chi connectivity index (χ0) is 12.4. The molecule has 0 amide bonds. The Morgan fingerprint density at radius 3 is 2.53 bits per heavy atom. The van der Waals surface area contributed by atoms with Crippen molar-refractivity contribution in [3.63, 3.8) is 0 Å². The smallest absolute Gasteiger partial charge is 0.188 e. The van der Waals surface area contributed by atoms with Crippen LogP contribution in [0.15, 0.2) is 4.99 Å². The molecule has 0 spiro atoms. The summed E-state index contributed by atoms with van der Waals surface area (Å²) in [7, 11) is 2.14. The van der Waals surface area contributed by atoms with Crippen molar-refractivity contribution in [2.24, 2.45) is 16.6 Å². The minimum atomic E-state index is 0. The zero-order valence-corrected chi connectivity index (χ0v) is 14.0. The van der Waals surface area contributed by atoms with Gasteiger partial charge in [-0.3, -0.25) is 4.99 Å². The van der Waals surface area contributed by atoms with Gasteiger partial charge in [0.15, 0.2) is 5.96 Å². The van der Waals surface area contributed by atoms with Crippen LogP contribution in [-0.4, -0.2) is 44.1 Å². The third-order valence-electron chi connectivity index (χ3n) is 2.32. The Balaban J connectivity index is 0. The molecule has 0 heterocycles. The summed E-state index contributed by atoms with van der Waals surface area (Å²) in [6.45, 7) is 10.3. The van der Waals surface area contributed by atoms with Gasteiger partial charge in [-0.15, -0.1) is 24.0 Å². The van der Waals surface area contributed by atoms with Crippen molar-refractivity contribution < 1.29 is 0 Å². The van der Waals surface area contributed by atoms with Gasteiger partial charge in [0.2, 0.25) is 0 Å². The second-order valence-electron chi connectivity index (χ2n) is 4.70. The van der Waals surface area contributed by atoms with Crippen LogP contribution in [0.4, 0.5) is 0 Å². The summed E-state index contributed by atoms with van der Waals surface area (Å²) in [5.74, 6) is 1.13. The molecule has 4 nitrogen and oxygen atoms in total. The van der Waals surface area contributed by atoms with Gasteiger partial charge in [0.05, 0.1) is 0 Å². The fourth-order valence-electron chi connectivity index (χ4n) is 1.25. The van der Waals surface area contributed by atoms with E-state index in [0.717, 1.165) is 26.2 Å². The molecule has 0 saturated carbocycles. The highest BCUT2D eigenvalue weighted by Crippen LogP contribution is 1.91. The number of halogens is 1. The minimum absolute atomic E-state index is 0. The number of rotatable bonds is 8. The topological polar surface area (TPSA) is 53.6 Å². The standard InChI is InChI=1S/C12H28N4.HI/c1-5-6-8-16(4)9-7-14-12(13)15-10-11(2)3;/h11H,5-10H2,1-4H3,(H3,13,14,15);1H. The van der Waals surface area contributed by atoms with Crippen LogP contribution in [0.25, 0.3) is 0 Å². The van der Waals surface area contributed by atoms with E-state index in [1.54, 1.807) is 0 Å². The third-order valence-corrected chi connectivity index (χ3v) is 2.32. The van der Waals surface area contributed by atoms with Crippen LogP contribution in [-0.2, 0) is 0 Å². The maximum absolute atomic E-state index is 5.73. The first kappa shape index (κ1) is 19.3. The molecule has 0 rings (SSSR count). The average molecular weight is 356 g/mol. The van der Waals surface area contributed by atoms with Crippen molar-refractivity contribution in [1.29, 1.82) is 0 Å². The Hall–Kier alpha value is -0.0400. The lowest BCUT2D eigenvalue weighted by Crippen LogP contribution is -2.37. The van der Waals surface area contributed by atoms with E-state index < -0.39 is 0 Å². The van der Waals surface area contributed by atoms with E-state index in [4.69, 9.17) is 5.73 Å². The quantitative estimate of drug-likeness (QED) is 0.397. The summed E-state index contributed by atoms with van der Waals surface area (Å²) in [6, 6.07) is 0. The summed E-state index contributed by atoms with van der Waals surface area (Å²) in [5, 5.41) is 3.13. The van der Waals surface area contributed by atoms with Crippen molar-refractivity contribution in [1.82, 2.24) is 10.2 Å². The fourth-order valence-corrected chi connectivity index (χ4v) is 1.25. The van der Waals surface area contributed by atoms with Gasteiger partial charge in [0.25, 0.3) is 0 Å². The predicted molar refractivity (Wildman–Crippen MR) is 87.2 cm³/mol. The second kappa shape index (κ2) is 12.4. The number of nitrogens with zero attached hydrogens (tertiary/aromatic N) is 2. The largest absolute Gasteiger partial charge is 0.370 e. The molecule has 104 valence electrons. The van der Waals surface area contributed by atoms with Gasteiger partial charge in [0.1, 0.15) is 0 Å². The minimum Gasteiger partial charge on any atom is -0.370 e. The molecule has 0 aromatic heterocycles. The first-order valence-electron chi connectivity index (χ1n) is 6.28. The van der Waals surface area contributed by atoms with Crippen LogP contribution in [0.5, 0.6) is 0 Å². The van der Waals surface area contributed by atoms with Gasteiger partial charge in [-0.05, 0) is 25.9 Å². The second-order valence-corrected chi connectivity index (χ2v) is 4.70. The van der Waals surface area contributed by atoms with E-state index in [1.807, 2.05) is 0 Å². The van der Waals surface area contributed by atoms with E-state index in [0.29, 0.717) is 11.9 Å². The van der Waals surface area contributed by atoms with Crippen LogP contribution in [0.1, 0.15) is 33.6 Å². The van der Waals surface area contributed by atoms with Gasteiger partial charge in [-0.2, -0.15) is 0 Å². The van der Waals surface area contributed by atoms with E-state index in [1.165, 1.54) is 12.8 Å². The molecule has 0 radical (unpaired) electrons. The Kier molecular flexibility index (Phi) is 14.1. The Morgan fingerprint density at radius 2 is 2.00 bits per heavy atom. The number of aliphatic imine (C=N–C) groups is 1. The van der Waals surface area contributed by atoms with Gasteiger partial charge in [-0.1, -0.05) is 27.2 Å². The van der Waals surface area contributed by atoms with E-state index in [2.05, 4.69) is 43.0 Å². The number of hydrogen-bond acceptors (Lipinski definition) is 2. The van der Waals surface area contributed by atoms with Crippen LogP contribution in [0, 0.1) is 5.92 Å². The van der Waals surface area contributed by atoms with E-state index >= 15 is 0 Å². The highest BCUT2D eigenvalue weighted by molar-refractivity contribution is 14.0. The highest BCUT2D eigenvalue weighted by atomic mass is 127. The number of nitrogens with one attached hydrogen (secondary N) is 1. The zero-order valence-electron chi connectivity index (χ0n) is 11.7. The van der Waals surface area contributed by atoms with Crippen LogP contribution in [0.3, 0.4) is 0 Å². The Bertz CT molecular complexity index is 195. The number of unbranched alkanes of at least 4 members (excludes halogenated alkanes) is 1. The summed E-state index contributed by atoms with van der Waals surface area (Å²) < 4.78 is 0. The molecule has 0 bridgehead atoms. The van der Waals surface area contributed by atoms with Crippen LogP contribution in [0.2, 0.25) is 0 Å². The number of likely N-dealkylation sites (N-methyl/N-ethyl adjacent to an activating group) is 1. The molecule has 0 aliphatic carbocycles. The summed E-state index contributed by atoms with van der Waals surface area (Å²) >= 11 is 0. The van der Waals surface area contributed by atoms with Crippen LogP contribution >= 0.6 is 24.0 Å². The van der Waals surface area contributed by atoms with Gasteiger partial charge < -0.3 is 16.0 Å². The lowest BCUT2D eigenvalue weighted by Gasteiger charge is -2.16. The van der Waals surface area contributed by atoms with Crippen molar-refractivity contribution >= 4 is 29.9 Å². The molecule has 0 atom stereocenters. The average Bonchev–Trinajstić information content (AvgIpc) is 2.23. The molecule has 0 unspecified atom stereocenters. The van der Waals surface area contributed by atoms with E-state index in [9.17, 15) is 0 Å². The molecule has 0 fully saturated rings. The summed E-state index contributed by atoms with van der Waals surface area (Å²) in [5.41, 5.74) is 5.73. The summed E-state index contributed by atoms with van der Waals surface area (Å²) in [4.78, 5) is 6.56.